The van der Waals surface area contributed by atoms with Crippen molar-refractivity contribution in [2.45, 2.75) is 6.54 Å². The van der Waals surface area contributed by atoms with Crippen molar-refractivity contribution in [3.63, 3.8) is 0 Å². The van der Waals surface area contributed by atoms with Crippen LogP contribution >= 0.6 is 11.3 Å². The number of benzene rings is 2. The Kier molecular flexibility index (Phi) is 5.71. The molecule has 2 aromatic heterocycles. The summed E-state index contributed by atoms with van der Waals surface area (Å²) in [5.41, 5.74) is 6.71. The van der Waals surface area contributed by atoms with Crippen molar-refractivity contribution in [1.82, 2.24) is 14.9 Å². The van der Waals surface area contributed by atoms with Gasteiger partial charge in [-0.2, -0.15) is 0 Å². The van der Waals surface area contributed by atoms with E-state index in [-0.39, 0.29) is 5.91 Å². The lowest BCUT2D eigenvalue weighted by atomic mass is 10.1. The van der Waals surface area contributed by atoms with Gasteiger partial charge in [-0.3, -0.25) is 9.69 Å². The van der Waals surface area contributed by atoms with E-state index in [1.807, 2.05) is 30.3 Å². The minimum absolute atomic E-state index is 0.228. The molecule has 156 valence electrons. The van der Waals surface area contributed by atoms with Crippen molar-refractivity contribution in [3.05, 3.63) is 76.7 Å². The van der Waals surface area contributed by atoms with Gasteiger partial charge in [0.25, 0.3) is 5.91 Å². The summed E-state index contributed by atoms with van der Waals surface area (Å²) in [4.78, 5) is 23.9. The number of para-hydroxylation sites is 1. The first-order valence-corrected chi connectivity index (χ1v) is 11.2. The van der Waals surface area contributed by atoms with Crippen LogP contribution in [-0.2, 0) is 11.3 Å². The van der Waals surface area contributed by atoms with Crippen molar-refractivity contribution in [2.75, 3.05) is 31.6 Å². The van der Waals surface area contributed by atoms with Gasteiger partial charge in [0.15, 0.2) is 0 Å². The van der Waals surface area contributed by atoms with Gasteiger partial charge in [-0.25, -0.2) is 9.97 Å². The second kappa shape index (κ2) is 8.93. The van der Waals surface area contributed by atoms with Crippen LogP contribution in [0.15, 0.2) is 65.5 Å². The first kappa shape index (κ1) is 19.8. The Hall–Kier alpha value is -3.13. The fraction of sp³-hybridized carbons (Fsp3) is 0.208. The van der Waals surface area contributed by atoms with E-state index in [0.29, 0.717) is 11.4 Å². The molecule has 0 saturated carbocycles. The number of morpholine rings is 1. The maximum Gasteiger partial charge on any atom is 0.275 e. The number of pyridine rings is 1. The molecule has 3 heterocycles. The highest BCUT2D eigenvalue weighted by molar-refractivity contribution is 7.07. The number of ether oxygens (including phenoxy) is 1. The zero-order valence-corrected chi connectivity index (χ0v) is 17.8. The van der Waals surface area contributed by atoms with Crippen LogP contribution in [0.4, 0.5) is 5.69 Å². The predicted octanol–water partition coefficient (Wildman–Crippen LogP) is 4.44. The number of carbonyl (C=O) groups excluding carboxylic acids is 1. The van der Waals surface area contributed by atoms with Gasteiger partial charge < -0.3 is 10.1 Å². The lowest BCUT2D eigenvalue weighted by Crippen LogP contribution is -2.35. The van der Waals surface area contributed by atoms with E-state index in [2.05, 4.69) is 39.5 Å². The van der Waals surface area contributed by atoms with E-state index in [4.69, 9.17) is 9.72 Å². The third kappa shape index (κ3) is 4.49. The van der Waals surface area contributed by atoms with Gasteiger partial charge >= 0.3 is 0 Å². The summed E-state index contributed by atoms with van der Waals surface area (Å²) in [6.07, 6.45) is 0. The number of nitrogens with zero attached hydrogens (tertiary/aromatic N) is 3. The zero-order valence-electron chi connectivity index (χ0n) is 17.0. The Bertz CT molecular complexity index is 1200. The molecule has 0 aliphatic carbocycles. The zero-order chi connectivity index (χ0) is 21.0. The van der Waals surface area contributed by atoms with E-state index in [1.165, 1.54) is 16.9 Å². The average Bonchev–Trinajstić information content (AvgIpc) is 3.35. The smallest absolute Gasteiger partial charge is 0.275 e. The molecule has 1 aliphatic rings. The van der Waals surface area contributed by atoms with E-state index in [0.717, 1.165) is 55.0 Å². The summed E-state index contributed by atoms with van der Waals surface area (Å²) >= 11 is 1.40. The summed E-state index contributed by atoms with van der Waals surface area (Å²) in [6, 6.07) is 18.4. The summed E-state index contributed by atoms with van der Waals surface area (Å²) in [5.74, 6) is -0.228. The lowest BCUT2D eigenvalue weighted by Gasteiger charge is -2.26. The Morgan fingerprint density at radius 3 is 2.81 bits per heavy atom. The molecule has 1 aliphatic heterocycles. The van der Waals surface area contributed by atoms with Crippen LogP contribution < -0.4 is 5.32 Å². The third-order valence-electron chi connectivity index (χ3n) is 5.37. The molecular formula is C24H22N4O2S. The molecule has 31 heavy (non-hydrogen) atoms. The number of rotatable bonds is 5. The fourth-order valence-electron chi connectivity index (χ4n) is 3.77. The van der Waals surface area contributed by atoms with E-state index < -0.39 is 0 Å². The molecule has 6 nitrogen and oxygen atoms in total. The van der Waals surface area contributed by atoms with Crippen LogP contribution in [0.25, 0.3) is 22.2 Å². The molecule has 1 fully saturated rings. The number of carbonyl (C=O) groups is 1. The minimum atomic E-state index is -0.228. The Balaban J connectivity index is 1.44. The summed E-state index contributed by atoms with van der Waals surface area (Å²) in [7, 11) is 0. The number of fused-ring (bicyclic) bond motifs is 1. The SMILES string of the molecule is O=C(Nc1cccc2ccc(-c3cccc(CN4CCOCC4)c3)nc12)c1cscn1. The molecule has 2 aromatic carbocycles. The number of nitrogens with one attached hydrogen (secondary N) is 1. The Morgan fingerprint density at radius 2 is 1.97 bits per heavy atom. The van der Waals surface area contributed by atoms with Crippen LogP contribution in [-0.4, -0.2) is 47.1 Å². The van der Waals surface area contributed by atoms with Crippen molar-refractivity contribution < 1.29 is 9.53 Å². The average molecular weight is 431 g/mol. The number of hydrogen-bond donors (Lipinski definition) is 1. The number of aromatic nitrogens is 2. The number of thiazole rings is 1. The molecule has 4 aromatic rings. The van der Waals surface area contributed by atoms with Gasteiger partial charge in [-0.05, 0) is 23.8 Å². The van der Waals surface area contributed by atoms with Gasteiger partial charge in [-0.1, -0.05) is 36.4 Å². The second-order valence-corrected chi connectivity index (χ2v) is 8.21. The maximum absolute atomic E-state index is 12.5. The fourth-order valence-corrected chi connectivity index (χ4v) is 4.30. The van der Waals surface area contributed by atoms with Crippen LogP contribution in [0, 0.1) is 0 Å². The molecule has 1 amide bonds. The van der Waals surface area contributed by atoms with Crippen LogP contribution in [0.1, 0.15) is 16.1 Å². The standard InChI is InChI=1S/C24H22N4O2S/c29-24(22-15-31-16-25-22)27-21-6-2-4-18-7-8-20(26-23(18)21)19-5-1-3-17(13-19)14-28-9-11-30-12-10-28/h1-8,13,15-16H,9-12,14H2,(H,27,29). The molecule has 1 saturated heterocycles. The van der Waals surface area contributed by atoms with Crippen molar-refractivity contribution >= 4 is 33.8 Å². The van der Waals surface area contributed by atoms with E-state index >= 15 is 0 Å². The summed E-state index contributed by atoms with van der Waals surface area (Å²) < 4.78 is 5.45. The topological polar surface area (TPSA) is 67.4 Å². The minimum Gasteiger partial charge on any atom is -0.379 e. The predicted molar refractivity (Wildman–Crippen MR) is 123 cm³/mol. The van der Waals surface area contributed by atoms with Gasteiger partial charge in [0.2, 0.25) is 0 Å². The van der Waals surface area contributed by atoms with E-state index in [1.54, 1.807) is 10.9 Å². The molecule has 7 heteroatoms. The van der Waals surface area contributed by atoms with Gasteiger partial charge in [-0.15, -0.1) is 11.3 Å². The van der Waals surface area contributed by atoms with Crippen molar-refractivity contribution in [1.29, 1.82) is 0 Å². The lowest BCUT2D eigenvalue weighted by molar-refractivity contribution is 0.0342. The monoisotopic (exact) mass is 430 g/mol. The Labute approximate surface area is 184 Å². The van der Waals surface area contributed by atoms with Crippen LogP contribution in [0.5, 0.6) is 0 Å². The number of anilines is 1. The van der Waals surface area contributed by atoms with E-state index in [9.17, 15) is 4.79 Å². The first-order valence-electron chi connectivity index (χ1n) is 10.2. The second-order valence-electron chi connectivity index (χ2n) is 7.49. The molecular weight excluding hydrogens is 408 g/mol. The first-order chi connectivity index (χ1) is 15.3. The molecule has 5 rings (SSSR count). The Morgan fingerprint density at radius 1 is 1.10 bits per heavy atom. The summed E-state index contributed by atoms with van der Waals surface area (Å²) in [6.45, 7) is 4.41. The normalized spacial score (nSPS) is 14.6. The van der Waals surface area contributed by atoms with Crippen LogP contribution in [0.2, 0.25) is 0 Å². The van der Waals surface area contributed by atoms with Crippen LogP contribution in [0.3, 0.4) is 0 Å². The maximum atomic E-state index is 12.5. The van der Waals surface area contributed by atoms with Crippen molar-refractivity contribution in [2.24, 2.45) is 0 Å². The highest BCUT2D eigenvalue weighted by Crippen LogP contribution is 2.27. The molecule has 1 N–H and O–H groups in total. The van der Waals surface area contributed by atoms with Gasteiger partial charge in [0.05, 0.1) is 35.6 Å². The summed E-state index contributed by atoms with van der Waals surface area (Å²) in [5, 5.41) is 5.67. The number of hydrogen-bond acceptors (Lipinski definition) is 6. The molecule has 0 radical (unpaired) electrons. The van der Waals surface area contributed by atoms with Gasteiger partial charge in [0, 0.05) is 36.0 Å². The molecule has 0 unspecified atom stereocenters. The number of amides is 1. The molecule has 0 spiro atoms. The largest absolute Gasteiger partial charge is 0.379 e. The quantitative estimate of drug-likeness (QED) is 0.507. The highest BCUT2D eigenvalue weighted by Gasteiger charge is 2.13. The highest BCUT2D eigenvalue weighted by atomic mass is 32.1. The third-order valence-corrected chi connectivity index (χ3v) is 5.95. The molecule has 0 bridgehead atoms. The van der Waals surface area contributed by atoms with Crippen molar-refractivity contribution in [3.8, 4) is 11.3 Å². The molecule has 0 atom stereocenters. The van der Waals surface area contributed by atoms with Gasteiger partial charge in [0.1, 0.15) is 5.69 Å².